The van der Waals surface area contributed by atoms with E-state index in [1.54, 1.807) is 36.9 Å². The number of hydrogen-bond donors (Lipinski definition) is 1. The van der Waals surface area contributed by atoms with E-state index in [0.29, 0.717) is 22.2 Å². The van der Waals surface area contributed by atoms with Crippen LogP contribution in [0.25, 0.3) is 11.5 Å². The molecule has 4 rings (SSSR count). The van der Waals surface area contributed by atoms with Gasteiger partial charge in [-0.2, -0.15) is 0 Å². The van der Waals surface area contributed by atoms with Gasteiger partial charge in [-0.3, -0.25) is 4.79 Å². The second-order valence-electron chi connectivity index (χ2n) is 6.23. The number of amides is 1. The van der Waals surface area contributed by atoms with Crippen molar-refractivity contribution in [3.8, 4) is 11.5 Å². The van der Waals surface area contributed by atoms with Crippen molar-refractivity contribution >= 4 is 29.1 Å². The Bertz CT molecular complexity index is 1110. The summed E-state index contributed by atoms with van der Waals surface area (Å²) in [5.74, 6) is -0.369. The Morgan fingerprint density at radius 2 is 1.97 bits per heavy atom. The molecule has 9 heteroatoms. The molecule has 1 amide bonds. The first-order valence-corrected chi connectivity index (χ1v) is 9.46. The van der Waals surface area contributed by atoms with Gasteiger partial charge in [0.1, 0.15) is 0 Å². The van der Waals surface area contributed by atoms with Gasteiger partial charge >= 0.3 is 11.8 Å². The van der Waals surface area contributed by atoms with Crippen LogP contribution in [0.4, 0.5) is 0 Å². The van der Waals surface area contributed by atoms with E-state index >= 15 is 0 Å². The molecule has 0 saturated heterocycles. The van der Waals surface area contributed by atoms with E-state index in [9.17, 15) is 4.79 Å². The average Bonchev–Trinajstić information content (AvgIpc) is 3.40. The summed E-state index contributed by atoms with van der Waals surface area (Å²) in [5.41, 5.74) is 1.44. The van der Waals surface area contributed by atoms with E-state index < -0.39 is 11.9 Å². The molecule has 7 nitrogen and oxygen atoms in total. The van der Waals surface area contributed by atoms with Gasteiger partial charge in [-0.15, -0.1) is 10.2 Å². The summed E-state index contributed by atoms with van der Waals surface area (Å²) in [6, 6.07) is 13.9. The summed E-state index contributed by atoms with van der Waals surface area (Å²) in [6.07, 6.45) is 5.11. The third-order valence-electron chi connectivity index (χ3n) is 4.24. The predicted octanol–water partition coefficient (Wildman–Crippen LogP) is 4.41. The highest BCUT2D eigenvalue weighted by Gasteiger charge is 2.23. The number of halogens is 2. The first-order valence-electron chi connectivity index (χ1n) is 8.70. The fourth-order valence-corrected chi connectivity index (χ4v) is 3.38. The van der Waals surface area contributed by atoms with Crippen LogP contribution in [0.3, 0.4) is 0 Å². The Morgan fingerprint density at radius 3 is 2.69 bits per heavy atom. The van der Waals surface area contributed by atoms with Crippen molar-refractivity contribution < 1.29 is 9.21 Å². The van der Waals surface area contributed by atoms with Crippen molar-refractivity contribution in [2.24, 2.45) is 0 Å². The zero-order valence-electron chi connectivity index (χ0n) is 15.0. The van der Waals surface area contributed by atoms with E-state index in [1.165, 1.54) is 0 Å². The lowest BCUT2D eigenvalue weighted by Crippen LogP contribution is -2.31. The molecule has 1 atom stereocenters. The second-order valence-corrected chi connectivity index (χ2v) is 7.07. The molecule has 2 heterocycles. The number of rotatable bonds is 6. The number of imidazole rings is 1. The maximum Gasteiger partial charge on any atom is 0.309 e. The molecular weight excluding hydrogens is 413 g/mol. The molecule has 0 bridgehead atoms. The van der Waals surface area contributed by atoms with Crippen molar-refractivity contribution in [3.05, 3.63) is 88.8 Å². The molecule has 0 spiro atoms. The molecule has 0 aliphatic heterocycles. The molecule has 2 aromatic carbocycles. The lowest BCUT2D eigenvalue weighted by Gasteiger charge is -2.20. The first-order chi connectivity index (χ1) is 14.1. The van der Waals surface area contributed by atoms with Gasteiger partial charge in [-0.05, 0) is 29.8 Å². The number of nitrogens with zero attached hydrogens (tertiary/aromatic N) is 4. The maximum absolute atomic E-state index is 12.8. The molecule has 0 saturated carbocycles. The second kappa shape index (κ2) is 8.46. The molecule has 146 valence electrons. The van der Waals surface area contributed by atoms with Crippen LogP contribution in [0.2, 0.25) is 10.0 Å². The Hall–Kier alpha value is -3.16. The molecular formula is C20H15Cl2N5O2. The number of carbonyl (C=O) groups is 1. The van der Waals surface area contributed by atoms with E-state index in [1.807, 2.05) is 34.9 Å². The van der Waals surface area contributed by atoms with E-state index in [-0.39, 0.29) is 11.8 Å². The Morgan fingerprint density at radius 1 is 1.14 bits per heavy atom. The summed E-state index contributed by atoms with van der Waals surface area (Å²) in [7, 11) is 0. The zero-order chi connectivity index (χ0) is 20.2. The standard InChI is InChI=1S/C20H15Cl2N5O2/c21-14-6-7-15(16(22)10-14)17(11-27-9-8-23-12-27)24-18(28)20-26-25-19(29-20)13-4-2-1-3-5-13/h1-10,12,17H,11H2,(H,24,28). The lowest BCUT2D eigenvalue weighted by atomic mass is 10.1. The van der Waals surface area contributed by atoms with Gasteiger partial charge in [0.05, 0.1) is 12.4 Å². The summed E-state index contributed by atoms with van der Waals surface area (Å²) < 4.78 is 7.38. The van der Waals surface area contributed by atoms with Crippen LogP contribution in [-0.2, 0) is 6.54 Å². The zero-order valence-corrected chi connectivity index (χ0v) is 16.5. The normalized spacial score (nSPS) is 11.9. The predicted molar refractivity (Wildman–Crippen MR) is 109 cm³/mol. The Balaban J connectivity index is 1.58. The molecule has 1 N–H and O–H groups in total. The number of nitrogens with one attached hydrogen (secondary N) is 1. The van der Waals surface area contributed by atoms with Crippen LogP contribution >= 0.6 is 23.2 Å². The largest absolute Gasteiger partial charge is 0.412 e. The molecule has 0 aliphatic rings. The summed E-state index contributed by atoms with van der Waals surface area (Å²) in [4.78, 5) is 16.8. The molecule has 1 unspecified atom stereocenters. The maximum atomic E-state index is 12.8. The molecule has 29 heavy (non-hydrogen) atoms. The number of hydrogen-bond acceptors (Lipinski definition) is 5. The van der Waals surface area contributed by atoms with Crippen molar-refractivity contribution in [1.29, 1.82) is 0 Å². The van der Waals surface area contributed by atoms with Gasteiger partial charge in [0.15, 0.2) is 0 Å². The third-order valence-corrected chi connectivity index (χ3v) is 4.80. The minimum Gasteiger partial charge on any atom is -0.412 e. The third kappa shape index (κ3) is 4.47. The highest BCUT2D eigenvalue weighted by atomic mass is 35.5. The highest BCUT2D eigenvalue weighted by molar-refractivity contribution is 6.35. The van der Waals surface area contributed by atoms with Crippen molar-refractivity contribution in [3.63, 3.8) is 0 Å². The molecule has 0 radical (unpaired) electrons. The van der Waals surface area contributed by atoms with Crippen LogP contribution < -0.4 is 5.32 Å². The van der Waals surface area contributed by atoms with Crippen LogP contribution in [0, 0.1) is 0 Å². The lowest BCUT2D eigenvalue weighted by molar-refractivity contribution is 0.0898. The Labute approximate surface area is 176 Å². The van der Waals surface area contributed by atoms with Crippen LogP contribution in [0.15, 0.2) is 71.7 Å². The quantitative estimate of drug-likeness (QED) is 0.492. The summed E-state index contributed by atoms with van der Waals surface area (Å²) in [6.45, 7) is 0.409. The van der Waals surface area contributed by atoms with Crippen molar-refractivity contribution in [2.45, 2.75) is 12.6 Å². The van der Waals surface area contributed by atoms with E-state index in [0.717, 1.165) is 5.56 Å². The van der Waals surface area contributed by atoms with Crippen molar-refractivity contribution in [1.82, 2.24) is 25.1 Å². The highest BCUT2D eigenvalue weighted by Crippen LogP contribution is 2.28. The fourth-order valence-electron chi connectivity index (χ4n) is 2.84. The van der Waals surface area contributed by atoms with Gasteiger partial charge in [0, 0.05) is 34.5 Å². The van der Waals surface area contributed by atoms with Gasteiger partial charge < -0.3 is 14.3 Å². The molecule has 0 aliphatic carbocycles. The van der Waals surface area contributed by atoms with Gasteiger partial charge in [0.25, 0.3) is 0 Å². The molecule has 0 fully saturated rings. The van der Waals surface area contributed by atoms with Crippen LogP contribution in [-0.4, -0.2) is 25.7 Å². The minimum absolute atomic E-state index is 0.135. The average molecular weight is 428 g/mol. The first kappa shape index (κ1) is 19.2. The van der Waals surface area contributed by atoms with Crippen molar-refractivity contribution in [2.75, 3.05) is 0 Å². The van der Waals surface area contributed by atoms with Gasteiger partial charge in [0.2, 0.25) is 5.89 Å². The fraction of sp³-hybridized carbons (Fsp3) is 0.100. The van der Waals surface area contributed by atoms with Crippen LogP contribution in [0.5, 0.6) is 0 Å². The topological polar surface area (TPSA) is 85.8 Å². The summed E-state index contributed by atoms with van der Waals surface area (Å²) >= 11 is 12.4. The number of aromatic nitrogens is 4. The molecule has 2 aromatic heterocycles. The smallest absolute Gasteiger partial charge is 0.309 e. The number of benzene rings is 2. The summed E-state index contributed by atoms with van der Waals surface area (Å²) in [5, 5.41) is 11.7. The minimum atomic E-state index is -0.504. The number of carbonyl (C=O) groups excluding carboxylic acids is 1. The van der Waals surface area contributed by atoms with E-state index in [4.69, 9.17) is 27.6 Å². The Kier molecular flexibility index (Phi) is 5.59. The van der Waals surface area contributed by atoms with Gasteiger partial charge in [-0.25, -0.2) is 4.98 Å². The SMILES string of the molecule is O=C(NC(Cn1ccnc1)c1ccc(Cl)cc1Cl)c1nnc(-c2ccccc2)o1. The van der Waals surface area contributed by atoms with Gasteiger partial charge in [-0.1, -0.05) is 47.5 Å². The van der Waals surface area contributed by atoms with E-state index in [2.05, 4.69) is 20.5 Å². The monoisotopic (exact) mass is 427 g/mol. The molecule has 4 aromatic rings. The van der Waals surface area contributed by atoms with Crippen LogP contribution in [0.1, 0.15) is 22.3 Å².